The monoisotopic (exact) mass is 165 g/mol. The number of pyridine rings is 1. The molecule has 0 bridgehead atoms. The van der Waals surface area contributed by atoms with Gasteiger partial charge < -0.3 is 4.74 Å². The van der Waals surface area contributed by atoms with Crippen LogP contribution >= 0.6 is 0 Å². The first-order valence-corrected chi connectivity index (χ1v) is 4.24. The van der Waals surface area contributed by atoms with Crippen LogP contribution in [0.4, 0.5) is 0 Å². The Morgan fingerprint density at radius 2 is 2.33 bits per heavy atom. The normalized spacial score (nSPS) is 10.2. The molecule has 0 aliphatic carbocycles. The van der Waals surface area contributed by atoms with Crippen LogP contribution in [0.25, 0.3) is 0 Å². The van der Waals surface area contributed by atoms with Gasteiger partial charge in [-0.3, -0.25) is 4.98 Å². The van der Waals surface area contributed by atoms with Crippen molar-refractivity contribution in [3.05, 3.63) is 29.6 Å². The summed E-state index contributed by atoms with van der Waals surface area (Å²) >= 11 is 0. The molecular weight excluding hydrogens is 150 g/mol. The maximum absolute atomic E-state index is 4.98. The number of methoxy groups -OCH3 is 1. The summed E-state index contributed by atoms with van der Waals surface area (Å²) < 4.78 is 4.98. The molecule has 0 aliphatic rings. The van der Waals surface area contributed by atoms with E-state index in [9.17, 15) is 0 Å². The molecule has 0 saturated carbocycles. The van der Waals surface area contributed by atoms with E-state index in [4.69, 9.17) is 4.74 Å². The van der Waals surface area contributed by atoms with Gasteiger partial charge >= 0.3 is 0 Å². The van der Waals surface area contributed by atoms with E-state index >= 15 is 0 Å². The Bertz CT molecular complexity index is 235. The molecule has 2 heteroatoms. The van der Waals surface area contributed by atoms with Crippen LogP contribution in [0, 0.1) is 6.92 Å². The summed E-state index contributed by atoms with van der Waals surface area (Å²) in [5, 5.41) is 0. The SMILES string of the molecule is COCCCc1ncccc1C. The highest BCUT2D eigenvalue weighted by atomic mass is 16.5. The molecular formula is C10H15NO. The predicted octanol–water partition coefficient (Wildman–Crippen LogP) is 1.97. The largest absolute Gasteiger partial charge is 0.385 e. The fourth-order valence-electron chi connectivity index (χ4n) is 1.16. The molecule has 1 aromatic rings. The van der Waals surface area contributed by atoms with Crippen LogP contribution in [-0.4, -0.2) is 18.7 Å². The molecule has 0 saturated heterocycles. The number of ether oxygens (including phenoxy) is 1. The van der Waals surface area contributed by atoms with Gasteiger partial charge in [-0.05, 0) is 31.4 Å². The molecule has 0 fully saturated rings. The Labute approximate surface area is 73.6 Å². The van der Waals surface area contributed by atoms with Gasteiger partial charge in [-0.25, -0.2) is 0 Å². The zero-order valence-electron chi connectivity index (χ0n) is 7.71. The molecule has 0 spiro atoms. The van der Waals surface area contributed by atoms with Gasteiger partial charge in [0, 0.05) is 25.6 Å². The van der Waals surface area contributed by atoms with E-state index in [1.165, 1.54) is 11.3 Å². The standard InChI is InChI=1S/C10H15NO/c1-9-5-3-7-11-10(9)6-4-8-12-2/h3,5,7H,4,6,8H2,1-2H3. The second-order valence-electron chi connectivity index (χ2n) is 2.86. The van der Waals surface area contributed by atoms with Gasteiger partial charge in [0.25, 0.3) is 0 Å². The fraction of sp³-hybridized carbons (Fsp3) is 0.500. The Morgan fingerprint density at radius 1 is 1.50 bits per heavy atom. The van der Waals surface area contributed by atoms with Gasteiger partial charge in [0.15, 0.2) is 0 Å². The van der Waals surface area contributed by atoms with E-state index in [1.807, 2.05) is 12.3 Å². The molecule has 2 nitrogen and oxygen atoms in total. The van der Waals surface area contributed by atoms with Crippen LogP contribution in [0.5, 0.6) is 0 Å². The third-order valence-corrected chi connectivity index (χ3v) is 1.88. The molecule has 0 radical (unpaired) electrons. The zero-order valence-corrected chi connectivity index (χ0v) is 7.71. The maximum Gasteiger partial charge on any atom is 0.0466 e. The second kappa shape index (κ2) is 4.88. The molecule has 12 heavy (non-hydrogen) atoms. The lowest BCUT2D eigenvalue weighted by atomic mass is 10.1. The first kappa shape index (κ1) is 9.20. The van der Waals surface area contributed by atoms with Gasteiger partial charge in [0.2, 0.25) is 0 Å². The van der Waals surface area contributed by atoms with E-state index in [1.54, 1.807) is 7.11 Å². The highest BCUT2D eigenvalue weighted by molar-refractivity contribution is 5.17. The van der Waals surface area contributed by atoms with E-state index in [0.717, 1.165) is 19.4 Å². The molecule has 1 aromatic heterocycles. The molecule has 1 rings (SSSR count). The smallest absolute Gasteiger partial charge is 0.0466 e. The van der Waals surface area contributed by atoms with Gasteiger partial charge in [-0.15, -0.1) is 0 Å². The molecule has 0 aliphatic heterocycles. The quantitative estimate of drug-likeness (QED) is 0.636. The van der Waals surface area contributed by atoms with Crippen LogP contribution < -0.4 is 0 Å². The van der Waals surface area contributed by atoms with Crippen molar-refractivity contribution >= 4 is 0 Å². The lowest BCUT2D eigenvalue weighted by molar-refractivity contribution is 0.195. The summed E-state index contributed by atoms with van der Waals surface area (Å²) in [4.78, 5) is 4.29. The number of aryl methyl sites for hydroxylation is 2. The van der Waals surface area contributed by atoms with Crippen molar-refractivity contribution in [1.82, 2.24) is 4.98 Å². The number of hydrogen-bond donors (Lipinski definition) is 0. The van der Waals surface area contributed by atoms with E-state index in [-0.39, 0.29) is 0 Å². The van der Waals surface area contributed by atoms with E-state index in [0.29, 0.717) is 0 Å². The van der Waals surface area contributed by atoms with Crippen molar-refractivity contribution in [2.75, 3.05) is 13.7 Å². The summed E-state index contributed by atoms with van der Waals surface area (Å²) in [6.45, 7) is 2.91. The zero-order chi connectivity index (χ0) is 8.81. The summed E-state index contributed by atoms with van der Waals surface area (Å²) in [5.74, 6) is 0. The molecule has 0 amide bonds. The van der Waals surface area contributed by atoms with Crippen molar-refractivity contribution in [2.45, 2.75) is 19.8 Å². The summed E-state index contributed by atoms with van der Waals surface area (Å²) in [5.41, 5.74) is 2.46. The molecule has 0 aromatic carbocycles. The third kappa shape index (κ3) is 2.62. The van der Waals surface area contributed by atoms with Crippen LogP contribution in [0.1, 0.15) is 17.7 Å². The molecule has 0 atom stereocenters. The summed E-state index contributed by atoms with van der Waals surface area (Å²) in [6.07, 6.45) is 3.91. The first-order chi connectivity index (χ1) is 5.84. The van der Waals surface area contributed by atoms with Crippen LogP contribution in [0.15, 0.2) is 18.3 Å². The fourth-order valence-corrected chi connectivity index (χ4v) is 1.16. The van der Waals surface area contributed by atoms with Crippen molar-refractivity contribution < 1.29 is 4.74 Å². The third-order valence-electron chi connectivity index (χ3n) is 1.88. The average molecular weight is 165 g/mol. The topological polar surface area (TPSA) is 22.1 Å². The number of rotatable bonds is 4. The van der Waals surface area contributed by atoms with Crippen LogP contribution in [0.2, 0.25) is 0 Å². The van der Waals surface area contributed by atoms with Crippen LogP contribution in [-0.2, 0) is 11.2 Å². The summed E-state index contributed by atoms with van der Waals surface area (Å²) in [6, 6.07) is 4.06. The van der Waals surface area contributed by atoms with Crippen LogP contribution in [0.3, 0.4) is 0 Å². The van der Waals surface area contributed by atoms with E-state index in [2.05, 4.69) is 18.0 Å². The van der Waals surface area contributed by atoms with Gasteiger partial charge in [0.05, 0.1) is 0 Å². The van der Waals surface area contributed by atoms with Crippen molar-refractivity contribution in [2.24, 2.45) is 0 Å². The van der Waals surface area contributed by atoms with Crippen molar-refractivity contribution in [3.63, 3.8) is 0 Å². The van der Waals surface area contributed by atoms with Gasteiger partial charge in [-0.2, -0.15) is 0 Å². The number of aromatic nitrogens is 1. The number of hydrogen-bond acceptors (Lipinski definition) is 2. The molecule has 66 valence electrons. The van der Waals surface area contributed by atoms with Gasteiger partial charge in [-0.1, -0.05) is 6.07 Å². The van der Waals surface area contributed by atoms with E-state index < -0.39 is 0 Å². The van der Waals surface area contributed by atoms with Gasteiger partial charge in [0.1, 0.15) is 0 Å². The summed E-state index contributed by atoms with van der Waals surface area (Å²) in [7, 11) is 1.73. The first-order valence-electron chi connectivity index (χ1n) is 4.24. The molecule has 0 unspecified atom stereocenters. The lowest BCUT2D eigenvalue weighted by Gasteiger charge is -2.02. The Kier molecular flexibility index (Phi) is 3.74. The molecule has 0 N–H and O–H groups in total. The lowest BCUT2D eigenvalue weighted by Crippen LogP contribution is -1.97. The Morgan fingerprint density at radius 3 is 3.00 bits per heavy atom. The minimum absolute atomic E-state index is 0.815. The number of nitrogens with zero attached hydrogens (tertiary/aromatic N) is 1. The van der Waals surface area contributed by atoms with Crippen molar-refractivity contribution in [3.8, 4) is 0 Å². The Hall–Kier alpha value is -0.890. The highest BCUT2D eigenvalue weighted by Crippen LogP contribution is 2.05. The van der Waals surface area contributed by atoms with Crippen molar-refractivity contribution in [1.29, 1.82) is 0 Å². The average Bonchev–Trinajstić information content (AvgIpc) is 2.09. The predicted molar refractivity (Wildman–Crippen MR) is 49.2 cm³/mol. The molecule has 1 heterocycles. The second-order valence-corrected chi connectivity index (χ2v) is 2.86. The minimum atomic E-state index is 0.815. The minimum Gasteiger partial charge on any atom is -0.385 e. The maximum atomic E-state index is 4.98. The highest BCUT2D eigenvalue weighted by Gasteiger charge is 1.97. The Balaban J connectivity index is 2.46.